The molecule has 1 heterocycles. The number of hydrogen-bond acceptors (Lipinski definition) is 3. The largest absolute Gasteiger partial charge is 0.312 e. The molecule has 0 saturated heterocycles. The Balaban J connectivity index is 3.24. The Morgan fingerprint density at radius 1 is 1.57 bits per heavy atom. The molecule has 14 heavy (non-hydrogen) atoms. The molecule has 1 unspecified atom stereocenters. The number of nitrogens with zero attached hydrogens (tertiary/aromatic N) is 3. The molecule has 1 rings (SSSR count). The molecule has 0 fully saturated rings. The van der Waals surface area contributed by atoms with Crippen molar-refractivity contribution in [3.8, 4) is 6.07 Å². The maximum atomic E-state index is 8.78. The molecule has 0 spiro atoms. The number of aromatic nitrogens is 2. The lowest BCUT2D eigenvalue weighted by Gasteiger charge is -2.17. The van der Waals surface area contributed by atoms with Gasteiger partial charge in [0.1, 0.15) is 6.04 Å². The van der Waals surface area contributed by atoms with Gasteiger partial charge in [0.2, 0.25) is 0 Å². The van der Waals surface area contributed by atoms with E-state index in [1.54, 1.807) is 4.68 Å². The fourth-order valence-corrected chi connectivity index (χ4v) is 1.39. The van der Waals surface area contributed by atoms with E-state index >= 15 is 0 Å². The molecule has 0 amide bonds. The fraction of sp³-hybridized carbons (Fsp3) is 0.600. The summed E-state index contributed by atoms with van der Waals surface area (Å²) in [7, 11) is 1.84. The van der Waals surface area contributed by atoms with Crippen molar-refractivity contribution in [1.29, 1.82) is 5.26 Å². The highest BCUT2D eigenvalue weighted by atomic mass is 15.3. The van der Waals surface area contributed by atoms with Crippen molar-refractivity contribution in [3.63, 3.8) is 0 Å². The molecule has 4 heteroatoms. The SMILES string of the molecule is Cn1cc(C(N)C#N)c(C(C)(C)C)n1. The highest BCUT2D eigenvalue weighted by Gasteiger charge is 2.24. The van der Waals surface area contributed by atoms with Gasteiger partial charge in [0.05, 0.1) is 11.8 Å². The van der Waals surface area contributed by atoms with Crippen LogP contribution in [0.5, 0.6) is 0 Å². The van der Waals surface area contributed by atoms with Gasteiger partial charge < -0.3 is 5.73 Å². The standard InChI is InChI=1S/C10H16N4/c1-10(2,3)9-7(8(12)5-11)6-14(4)13-9/h6,8H,12H2,1-4H3. The molecule has 1 atom stereocenters. The summed E-state index contributed by atoms with van der Waals surface area (Å²) in [5.41, 5.74) is 7.33. The molecule has 0 aliphatic carbocycles. The second kappa shape index (κ2) is 3.43. The molecule has 1 aromatic heterocycles. The normalized spacial score (nSPS) is 13.7. The third-order valence-electron chi connectivity index (χ3n) is 2.04. The van der Waals surface area contributed by atoms with E-state index in [-0.39, 0.29) is 5.41 Å². The van der Waals surface area contributed by atoms with Crippen LogP contribution in [0.3, 0.4) is 0 Å². The highest BCUT2D eigenvalue weighted by Crippen LogP contribution is 2.26. The first-order valence-electron chi connectivity index (χ1n) is 4.55. The summed E-state index contributed by atoms with van der Waals surface area (Å²) < 4.78 is 1.70. The summed E-state index contributed by atoms with van der Waals surface area (Å²) >= 11 is 0. The summed E-state index contributed by atoms with van der Waals surface area (Å²) in [5, 5.41) is 13.1. The van der Waals surface area contributed by atoms with Crippen LogP contribution in [0.1, 0.15) is 38.1 Å². The summed E-state index contributed by atoms with van der Waals surface area (Å²) in [5.74, 6) is 0. The average molecular weight is 192 g/mol. The number of aryl methyl sites for hydroxylation is 1. The molecule has 0 saturated carbocycles. The zero-order valence-corrected chi connectivity index (χ0v) is 9.07. The van der Waals surface area contributed by atoms with Gasteiger partial charge in [-0.1, -0.05) is 20.8 Å². The number of rotatable bonds is 1. The van der Waals surface area contributed by atoms with Gasteiger partial charge in [-0.15, -0.1) is 0 Å². The van der Waals surface area contributed by atoms with Gasteiger partial charge in [0.25, 0.3) is 0 Å². The van der Waals surface area contributed by atoms with Crippen molar-refractivity contribution < 1.29 is 0 Å². The number of hydrogen-bond donors (Lipinski definition) is 1. The van der Waals surface area contributed by atoms with Crippen LogP contribution in [0.15, 0.2) is 6.20 Å². The molecule has 0 aliphatic rings. The summed E-state index contributed by atoms with van der Waals surface area (Å²) in [6, 6.07) is 1.45. The second-order valence-electron chi connectivity index (χ2n) is 4.46. The number of nitrogens with two attached hydrogens (primary N) is 1. The fourth-order valence-electron chi connectivity index (χ4n) is 1.39. The van der Waals surface area contributed by atoms with Crippen molar-refractivity contribution in [2.45, 2.75) is 32.2 Å². The third kappa shape index (κ3) is 1.94. The Kier molecular flexibility index (Phi) is 2.63. The van der Waals surface area contributed by atoms with Gasteiger partial charge in [-0.2, -0.15) is 10.4 Å². The highest BCUT2D eigenvalue weighted by molar-refractivity contribution is 5.30. The zero-order chi connectivity index (χ0) is 10.9. The zero-order valence-electron chi connectivity index (χ0n) is 9.07. The van der Waals surface area contributed by atoms with E-state index in [2.05, 4.69) is 25.9 Å². The van der Waals surface area contributed by atoms with E-state index in [1.807, 2.05) is 19.3 Å². The van der Waals surface area contributed by atoms with Crippen LogP contribution in [0.25, 0.3) is 0 Å². The summed E-state index contributed by atoms with van der Waals surface area (Å²) in [6.45, 7) is 6.18. The smallest absolute Gasteiger partial charge is 0.122 e. The van der Waals surface area contributed by atoms with E-state index in [0.29, 0.717) is 0 Å². The third-order valence-corrected chi connectivity index (χ3v) is 2.04. The van der Waals surface area contributed by atoms with Gasteiger partial charge >= 0.3 is 0 Å². The van der Waals surface area contributed by atoms with E-state index < -0.39 is 6.04 Å². The Labute approximate surface area is 84.3 Å². The van der Waals surface area contributed by atoms with Crippen LogP contribution in [-0.4, -0.2) is 9.78 Å². The lowest BCUT2D eigenvalue weighted by atomic mass is 9.88. The van der Waals surface area contributed by atoms with Crippen LogP contribution in [-0.2, 0) is 12.5 Å². The van der Waals surface area contributed by atoms with Crippen LogP contribution < -0.4 is 5.73 Å². The van der Waals surface area contributed by atoms with E-state index in [1.165, 1.54) is 0 Å². The minimum Gasteiger partial charge on any atom is -0.312 e. The first-order valence-corrected chi connectivity index (χ1v) is 4.55. The first kappa shape index (κ1) is 10.7. The molecule has 4 nitrogen and oxygen atoms in total. The van der Waals surface area contributed by atoms with Gasteiger partial charge in [-0.05, 0) is 0 Å². The first-order chi connectivity index (χ1) is 6.36. The maximum absolute atomic E-state index is 8.78. The topological polar surface area (TPSA) is 67.6 Å². The summed E-state index contributed by atoms with van der Waals surface area (Å²) in [4.78, 5) is 0. The Bertz CT molecular complexity index is 364. The molecule has 0 aromatic carbocycles. The minimum atomic E-state index is -0.585. The van der Waals surface area contributed by atoms with Crippen LogP contribution in [0.2, 0.25) is 0 Å². The Hall–Kier alpha value is -1.34. The molecule has 2 N–H and O–H groups in total. The van der Waals surface area contributed by atoms with E-state index in [0.717, 1.165) is 11.3 Å². The van der Waals surface area contributed by atoms with Crippen LogP contribution >= 0.6 is 0 Å². The quantitative estimate of drug-likeness (QED) is 0.728. The lowest BCUT2D eigenvalue weighted by molar-refractivity contribution is 0.546. The van der Waals surface area contributed by atoms with Crippen LogP contribution in [0.4, 0.5) is 0 Å². The van der Waals surface area contributed by atoms with Crippen LogP contribution in [0, 0.1) is 11.3 Å². The lowest BCUT2D eigenvalue weighted by Crippen LogP contribution is -2.18. The molecule has 1 aromatic rings. The van der Waals surface area contributed by atoms with Crippen molar-refractivity contribution in [2.24, 2.45) is 12.8 Å². The van der Waals surface area contributed by atoms with Gasteiger partial charge in [0.15, 0.2) is 0 Å². The predicted molar refractivity (Wildman–Crippen MR) is 54.4 cm³/mol. The summed E-state index contributed by atoms with van der Waals surface area (Å²) in [6.07, 6.45) is 1.81. The number of nitriles is 1. The molecular formula is C10H16N4. The van der Waals surface area contributed by atoms with Gasteiger partial charge in [-0.3, -0.25) is 4.68 Å². The van der Waals surface area contributed by atoms with E-state index in [4.69, 9.17) is 11.0 Å². The molecule has 0 bridgehead atoms. The average Bonchev–Trinajstić information content (AvgIpc) is 2.45. The molecular weight excluding hydrogens is 176 g/mol. The Morgan fingerprint density at radius 2 is 2.14 bits per heavy atom. The second-order valence-corrected chi connectivity index (χ2v) is 4.46. The minimum absolute atomic E-state index is 0.0783. The molecule has 0 radical (unpaired) electrons. The van der Waals surface area contributed by atoms with Crippen molar-refractivity contribution in [2.75, 3.05) is 0 Å². The van der Waals surface area contributed by atoms with E-state index in [9.17, 15) is 0 Å². The maximum Gasteiger partial charge on any atom is 0.122 e. The Morgan fingerprint density at radius 3 is 2.57 bits per heavy atom. The predicted octanol–water partition coefficient (Wildman–Crippen LogP) is 1.24. The van der Waals surface area contributed by atoms with Crippen molar-refractivity contribution in [3.05, 3.63) is 17.5 Å². The molecule has 76 valence electrons. The van der Waals surface area contributed by atoms with Gasteiger partial charge in [0, 0.05) is 24.2 Å². The van der Waals surface area contributed by atoms with Crippen molar-refractivity contribution in [1.82, 2.24) is 9.78 Å². The van der Waals surface area contributed by atoms with Crippen molar-refractivity contribution >= 4 is 0 Å². The monoisotopic (exact) mass is 192 g/mol. The van der Waals surface area contributed by atoms with Gasteiger partial charge in [-0.25, -0.2) is 0 Å². The molecule has 0 aliphatic heterocycles.